The van der Waals surface area contributed by atoms with Gasteiger partial charge >= 0.3 is 0 Å². The third-order valence-corrected chi connectivity index (χ3v) is 9.39. The molecule has 1 aliphatic heterocycles. The Kier molecular flexibility index (Phi) is 6.11. The van der Waals surface area contributed by atoms with E-state index in [1.807, 2.05) is 33.2 Å². The maximum atomic E-state index is 13.4. The van der Waals surface area contributed by atoms with Crippen LogP contribution < -0.4 is 4.72 Å². The third kappa shape index (κ3) is 4.56. The topological polar surface area (TPSA) is 64.0 Å². The monoisotopic (exact) mass is 471 g/mol. The van der Waals surface area contributed by atoms with Crippen LogP contribution in [0.4, 0.5) is 0 Å². The SMILES string of the molecule is Cc1c(CC(C)C)sc(S(=O)(=O)NC(C)(C)C)c1-c1ccc(C2CCc3nccn32)cc1. The third-order valence-electron chi connectivity index (χ3n) is 5.80. The first kappa shape index (κ1) is 23.2. The van der Waals surface area contributed by atoms with Gasteiger partial charge in [-0.1, -0.05) is 38.1 Å². The van der Waals surface area contributed by atoms with E-state index >= 15 is 0 Å². The first-order valence-electron chi connectivity index (χ1n) is 11.2. The van der Waals surface area contributed by atoms with Gasteiger partial charge in [0.05, 0.1) is 6.04 Å². The smallest absolute Gasteiger partial charge is 0.251 e. The number of fused-ring (bicyclic) bond motifs is 1. The van der Waals surface area contributed by atoms with Gasteiger partial charge in [0.25, 0.3) is 10.0 Å². The van der Waals surface area contributed by atoms with Gasteiger partial charge in [0, 0.05) is 34.8 Å². The van der Waals surface area contributed by atoms with Gasteiger partial charge in [-0.3, -0.25) is 0 Å². The van der Waals surface area contributed by atoms with Crippen LogP contribution in [0.25, 0.3) is 11.1 Å². The lowest BCUT2D eigenvalue weighted by molar-refractivity contribution is 0.492. The van der Waals surface area contributed by atoms with E-state index in [2.05, 4.69) is 59.3 Å². The molecule has 3 heterocycles. The summed E-state index contributed by atoms with van der Waals surface area (Å²) in [6, 6.07) is 8.74. The molecule has 32 heavy (non-hydrogen) atoms. The van der Waals surface area contributed by atoms with Gasteiger partial charge < -0.3 is 4.57 Å². The quantitative estimate of drug-likeness (QED) is 0.499. The lowest BCUT2D eigenvalue weighted by Gasteiger charge is -2.20. The van der Waals surface area contributed by atoms with Crippen molar-refractivity contribution in [3.8, 4) is 11.1 Å². The highest BCUT2D eigenvalue weighted by Gasteiger charge is 2.30. The Bertz CT molecular complexity index is 1210. The van der Waals surface area contributed by atoms with Crippen LogP contribution in [-0.2, 0) is 22.9 Å². The first-order valence-corrected chi connectivity index (χ1v) is 13.5. The Morgan fingerprint density at radius 2 is 1.91 bits per heavy atom. The van der Waals surface area contributed by atoms with Crippen LogP contribution in [0.3, 0.4) is 0 Å². The zero-order chi connectivity index (χ0) is 23.3. The van der Waals surface area contributed by atoms with Crippen LogP contribution in [0.15, 0.2) is 40.9 Å². The maximum Gasteiger partial charge on any atom is 0.251 e. The highest BCUT2D eigenvalue weighted by molar-refractivity contribution is 7.91. The molecule has 1 atom stereocenters. The fourth-order valence-electron chi connectivity index (χ4n) is 4.50. The van der Waals surface area contributed by atoms with Crippen LogP contribution in [0.1, 0.15) is 68.9 Å². The summed E-state index contributed by atoms with van der Waals surface area (Å²) in [6.45, 7) is 12.0. The summed E-state index contributed by atoms with van der Waals surface area (Å²) in [5, 5.41) is 0. The molecule has 0 saturated carbocycles. The molecule has 4 rings (SSSR count). The second kappa shape index (κ2) is 8.43. The minimum Gasteiger partial charge on any atom is -0.327 e. The largest absolute Gasteiger partial charge is 0.327 e. The summed E-state index contributed by atoms with van der Waals surface area (Å²) >= 11 is 1.42. The summed E-state index contributed by atoms with van der Waals surface area (Å²) in [5.41, 5.74) is 3.56. The van der Waals surface area contributed by atoms with Gasteiger partial charge in [-0.05, 0) is 63.1 Å². The Morgan fingerprint density at radius 1 is 1.22 bits per heavy atom. The molecule has 3 aromatic rings. The minimum atomic E-state index is -3.64. The van der Waals surface area contributed by atoms with Crippen molar-refractivity contribution in [2.75, 3.05) is 0 Å². The number of imidazole rings is 1. The number of nitrogens with one attached hydrogen (secondary N) is 1. The number of hydrogen-bond acceptors (Lipinski definition) is 4. The molecule has 1 aliphatic rings. The van der Waals surface area contributed by atoms with Gasteiger partial charge in [0.1, 0.15) is 10.0 Å². The molecule has 1 N–H and O–H groups in total. The zero-order valence-corrected chi connectivity index (χ0v) is 21.4. The Hall–Kier alpha value is -1.96. The fourth-order valence-corrected chi connectivity index (χ4v) is 8.07. The predicted molar refractivity (Wildman–Crippen MR) is 132 cm³/mol. The number of thiophene rings is 1. The van der Waals surface area contributed by atoms with Crippen molar-refractivity contribution in [2.24, 2.45) is 5.92 Å². The molecule has 0 bridgehead atoms. The molecular weight excluding hydrogens is 438 g/mol. The fraction of sp³-hybridized carbons (Fsp3) is 0.480. The summed E-state index contributed by atoms with van der Waals surface area (Å²) < 4.78 is 32.3. The van der Waals surface area contributed by atoms with Gasteiger partial charge in [0.15, 0.2) is 0 Å². The van der Waals surface area contributed by atoms with Crippen molar-refractivity contribution in [2.45, 2.75) is 76.6 Å². The summed E-state index contributed by atoms with van der Waals surface area (Å²) in [4.78, 5) is 5.58. The van der Waals surface area contributed by atoms with E-state index in [1.165, 1.54) is 16.9 Å². The number of sulfonamides is 1. The zero-order valence-electron chi connectivity index (χ0n) is 19.8. The van der Waals surface area contributed by atoms with E-state index in [0.717, 1.165) is 46.7 Å². The van der Waals surface area contributed by atoms with Crippen LogP contribution in [0.2, 0.25) is 0 Å². The van der Waals surface area contributed by atoms with E-state index in [0.29, 0.717) is 16.2 Å². The molecule has 0 spiro atoms. The average Bonchev–Trinajstić information content (AvgIpc) is 3.35. The lowest BCUT2D eigenvalue weighted by Crippen LogP contribution is -2.40. The average molecular weight is 472 g/mol. The van der Waals surface area contributed by atoms with Gasteiger partial charge in [-0.25, -0.2) is 18.1 Å². The highest BCUT2D eigenvalue weighted by Crippen LogP contribution is 2.41. The van der Waals surface area contributed by atoms with E-state index in [9.17, 15) is 8.42 Å². The van der Waals surface area contributed by atoms with Gasteiger partial charge in [-0.2, -0.15) is 0 Å². The molecule has 1 unspecified atom stereocenters. The van der Waals surface area contributed by atoms with E-state index in [-0.39, 0.29) is 0 Å². The number of rotatable bonds is 6. The van der Waals surface area contributed by atoms with Crippen molar-refractivity contribution < 1.29 is 8.42 Å². The molecule has 0 amide bonds. The van der Waals surface area contributed by atoms with Gasteiger partial charge in [-0.15, -0.1) is 11.3 Å². The number of benzene rings is 1. The lowest BCUT2D eigenvalue weighted by atomic mass is 9.97. The van der Waals surface area contributed by atoms with Crippen LogP contribution >= 0.6 is 11.3 Å². The molecule has 5 nitrogen and oxygen atoms in total. The Balaban J connectivity index is 1.76. The number of nitrogens with zero attached hydrogens (tertiary/aromatic N) is 2. The summed E-state index contributed by atoms with van der Waals surface area (Å²) in [6.07, 6.45) is 6.82. The highest BCUT2D eigenvalue weighted by atomic mass is 32.2. The summed E-state index contributed by atoms with van der Waals surface area (Å²) in [7, 11) is -3.64. The van der Waals surface area contributed by atoms with Crippen molar-refractivity contribution in [3.63, 3.8) is 0 Å². The number of aromatic nitrogens is 2. The minimum absolute atomic E-state index is 0.299. The first-order chi connectivity index (χ1) is 15.0. The van der Waals surface area contributed by atoms with Crippen LogP contribution in [0, 0.1) is 12.8 Å². The standard InChI is InChI=1S/C25H33N3O2S2/c1-16(2)15-21-17(3)23(24(31-21)32(29,30)27-25(4,5)6)19-9-7-18(8-10-19)20-11-12-22-26-13-14-28(20)22/h7-10,13-14,16,20,27H,11-12,15H2,1-6H3. The Morgan fingerprint density at radius 3 is 2.53 bits per heavy atom. The van der Waals surface area contributed by atoms with Crippen molar-refractivity contribution in [1.82, 2.24) is 14.3 Å². The summed E-state index contributed by atoms with van der Waals surface area (Å²) in [5.74, 6) is 1.59. The molecule has 1 aromatic carbocycles. The van der Waals surface area contributed by atoms with Crippen molar-refractivity contribution >= 4 is 21.4 Å². The number of hydrogen-bond donors (Lipinski definition) is 1. The number of aryl methyl sites for hydroxylation is 1. The van der Waals surface area contributed by atoms with E-state index in [1.54, 1.807) is 0 Å². The Labute approximate surface area is 196 Å². The normalized spacial score (nSPS) is 16.7. The molecular formula is C25H33N3O2S2. The second-order valence-corrected chi connectivity index (χ2v) is 13.2. The van der Waals surface area contributed by atoms with E-state index in [4.69, 9.17) is 0 Å². The molecule has 0 radical (unpaired) electrons. The molecule has 2 aromatic heterocycles. The molecule has 7 heteroatoms. The molecule has 172 valence electrons. The van der Waals surface area contributed by atoms with Crippen molar-refractivity contribution in [1.29, 1.82) is 0 Å². The second-order valence-electron chi connectivity index (χ2n) is 10.2. The van der Waals surface area contributed by atoms with Crippen LogP contribution in [-0.4, -0.2) is 23.5 Å². The molecule has 0 saturated heterocycles. The molecule has 0 fully saturated rings. The predicted octanol–water partition coefficient (Wildman–Crippen LogP) is 5.73. The van der Waals surface area contributed by atoms with E-state index < -0.39 is 15.6 Å². The van der Waals surface area contributed by atoms with Gasteiger partial charge in [0.2, 0.25) is 0 Å². The maximum absolute atomic E-state index is 13.4. The van der Waals surface area contributed by atoms with Crippen molar-refractivity contribution in [3.05, 3.63) is 58.5 Å². The van der Waals surface area contributed by atoms with Crippen LogP contribution in [0.5, 0.6) is 0 Å². The molecule has 0 aliphatic carbocycles.